The van der Waals surface area contributed by atoms with Crippen molar-refractivity contribution in [3.8, 4) is 5.75 Å². The SMILES string of the molecule is COc1cc(C(=O)NC2CCN(C(=O)OC(C)(C)C)CC2)ccc1Nc1ncc2c(n1)N(C1CCC1)CC(F)(F)C(=O)N2C. The molecule has 0 unspecified atom stereocenters. The summed E-state index contributed by atoms with van der Waals surface area (Å²) < 4.78 is 40.5. The van der Waals surface area contributed by atoms with Crippen molar-refractivity contribution in [2.45, 2.75) is 76.5 Å². The Morgan fingerprint density at radius 3 is 2.43 bits per heavy atom. The molecule has 44 heavy (non-hydrogen) atoms. The maximum absolute atomic E-state index is 14.8. The van der Waals surface area contributed by atoms with Crippen molar-refractivity contribution >= 4 is 41.0 Å². The first-order valence-electron chi connectivity index (χ1n) is 14.8. The van der Waals surface area contributed by atoms with Crippen LogP contribution in [-0.2, 0) is 9.53 Å². The summed E-state index contributed by atoms with van der Waals surface area (Å²) in [4.78, 5) is 50.8. The number of aromatic nitrogens is 2. The van der Waals surface area contributed by atoms with Crippen LogP contribution in [0.4, 0.5) is 36.7 Å². The predicted molar refractivity (Wildman–Crippen MR) is 160 cm³/mol. The second-order valence-electron chi connectivity index (χ2n) is 12.4. The van der Waals surface area contributed by atoms with E-state index in [0.717, 1.165) is 24.2 Å². The fourth-order valence-corrected chi connectivity index (χ4v) is 5.44. The molecular formula is C30H39F2N7O5. The molecule has 0 bridgehead atoms. The van der Waals surface area contributed by atoms with Gasteiger partial charge in [-0.3, -0.25) is 9.59 Å². The third-order valence-electron chi connectivity index (χ3n) is 8.08. The Morgan fingerprint density at radius 1 is 1.11 bits per heavy atom. The normalized spacial score (nSPS) is 19.1. The molecule has 3 aliphatic rings. The van der Waals surface area contributed by atoms with Gasteiger partial charge in [-0.15, -0.1) is 0 Å². The topological polar surface area (TPSA) is 129 Å². The van der Waals surface area contributed by atoms with Crippen LogP contribution in [0.25, 0.3) is 0 Å². The van der Waals surface area contributed by atoms with E-state index >= 15 is 0 Å². The molecule has 1 saturated carbocycles. The molecule has 238 valence electrons. The van der Waals surface area contributed by atoms with E-state index in [4.69, 9.17) is 9.47 Å². The molecular weight excluding hydrogens is 576 g/mol. The van der Waals surface area contributed by atoms with Crippen LogP contribution in [0.3, 0.4) is 0 Å². The van der Waals surface area contributed by atoms with Crippen LogP contribution in [0.15, 0.2) is 24.4 Å². The first-order valence-corrected chi connectivity index (χ1v) is 14.8. The molecule has 1 aliphatic carbocycles. The Hall–Kier alpha value is -4.23. The Bertz CT molecular complexity index is 1420. The number of hydrogen-bond acceptors (Lipinski definition) is 9. The minimum Gasteiger partial charge on any atom is -0.495 e. The van der Waals surface area contributed by atoms with Gasteiger partial charge in [0.25, 0.3) is 11.8 Å². The fourth-order valence-electron chi connectivity index (χ4n) is 5.44. The lowest BCUT2D eigenvalue weighted by molar-refractivity contribution is -0.140. The van der Waals surface area contributed by atoms with E-state index in [0.29, 0.717) is 42.9 Å². The Balaban J connectivity index is 1.27. The zero-order valence-electron chi connectivity index (χ0n) is 25.7. The van der Waals surface area contributed by atoms with E-state index in [-0.39, 0.29) is 41.5 Å². The smallest absolute Gasteiger partial charge is 0.410 e. The molecule has 1 aromatic carbocycles. The number of amides is 3. The molecule has 0 atom stereocenters. The zero-order chi connectivity index (χ0) is 31.8. The van der Waals surface area contributed by atoms with Gasteiger partial charge in [-0.2, -0.15) is 13.8 Å². The molecule has 3 heterocycles. The van der Waals surface area contributed by atoms with Crippen molar-refractivity contribution in [1.82, 2.24) is 20.2 Å². The number of likely N-dealkylation sites (tertiary alicyclic amines) is 1. The van der Waals surface area contributed by atoms with Gasteiger partial charge >= 0.3 is 12.0 Å². The van der Waals surface area contributed by atoms with Crippen molar-refractivity contribution in [3.63, 3.8) is 0 Å². The summed E-state index contributed by atoms with van der Waals surface area (Å²) in [5.41, 5.74) is 0.482. The zero-order valence-corrected chi connectivity index (χ0v) is 25.7. The fraction of sp³-hybridized carbons (Fsp3) is 0.567. The van der Waals surface area contributed by atoms with Crippen LogP contribution < -0.4 is 25.2 Å². The van der Waals surface area contributed by atoms with E-state index < -0.39 is 24.0 Å². The second-order valence-corrected chi connectivity index (χ2v) is 12.4. The summed E-state index contributed by atoms with van der Waals surface area (Å²) in [5.74, 6) is -4.40. The Kier molecular flexibility index (Phi) is 8.54. The molecule has 1 saturated heterocycles. The van der Waals surface area contributed by atoms with Crippen LogP contribution in [-0.4, -0.2) is 90.2 Å². The second kappa shape index (κ2) is 12.0. The van der Waals surface area contributed by atoms with Crippen LogP contribution in [0.1, 0.15) is 63.2 Å². The minimum atomic E-state index is -3.56. The van der Waals surface area contributed by atoms with Gasteiger partial charge in [0.1, 0.15) is 17.0 Å². The highest BCUT2D eigenvalue weighted by Gasteiger charge is 2.49. The van der Waals surface area contributed by atoms with Crippen LogP contribution in [0.5, 0.6) is 5.75 Å². The average Bonchev–Trinajstić information content (AvgIpc) is 3.00. The van der Waals surface area contributed by atoms with Crippen LogP contribution in [0, 0.1) is 0 Å². The van der Waals surface area contributed by atoms with Crippen molar-refractivity contribution in [2.75, 3.05) is 48.9 Å². The lowest BCUT2D eigenvalue weighted by atomic mass is 9.91. The van der Waals surface area contributed by atoms with Gasteiger partial charge in [-0.25, -0.2) is 9.78 Å². The monoisotopic (exact) mass is 615 g/mol. The first-order chi connectivity index (χ1) is 20.8. The molecule has 5 rings (SSSR count). The van der Waals surface area contributed by atoms with Gasteiger partial charge in [-0.05, 0) is 71.1 Å². The maximum Gasteiger partial charge on any atom is 0.410 e. The number of hydrogen-bond donors (Lipinski definition) is 2. The number of piperidine rings is 1. The Morgan fingerprint density at radius 2 is 1.82 bits per heavy atom. The van der Waals surface area contributed by atoms with Crippen molar-refractivity contribution in [1.29, 1.82) is 0 Å². The number of methoxy groups -OCH3 is 1. The summed E-state index contributed by atoms with van der Waals surface area (Å²) in [5, 5.41) is 6.10. The maximum atomic E-state index is 14.8. The summed E-state index contributed by atoms with van der Waals surface area (Å²) in [6, 6.07) is 4.63. The molecule has 14 heteroatoms. The van der Waals surface area contributed by atoms with Crippen molar-refractivity contribution in [2.24, 2.45) is 0 Å². The first kappa shape index (κ1) is 31.2. The van der Waals surface area contributed by atoms with Gasteiger partial charge in [0.15, 0.2) is 5.82 Å². The number of ether oxygens (including phenoxy) is 2. The highest BCUT2D eigenvalue weighted by molar-refractivity contribution is 6.02. The van der Waals surface area contributed by atoms with Gasteiger partial charge in [0, 0.05) is 37.8 Å². The number of fused-ring (bicyclic) bond motifs is 1. The third kappa shape index (κ3) is 6.63. The number of carbonyl (C=O) groups is 3. The molecule has 0 radical (unpaired) electrons. The summed E-state index contributed by atoms with van der Waals surface area (Å²) in [6.45, 7) is 5.67. The number of rotatable bonds is 6. The summed E-state index contributed by atoms with van der Waals surface area (Å²) in [7, 11) is 2.76. The third-order valence-corrected chi connectivity index (χ3v) is 8.08. The molecule has 2 fully saturated rings. The van der Waals surface area contributed by atoms with E-state index in [2.05, 4.69) is 20.6 Å². The number of halogens is 2. The molecule has 2 N–H and O–H groups in total. The molecule has 2 aliphatic heterocycles. The average molecular weight is 616 g/mol. The molecule has 3 amide bonds. The van der Waals surface area contributed by atoms with Crippen LogP contribution >= 0.6 is 0 Å². The molecule has 12 nitrogen and oxygen atoms in total. The lowest BCUT2D eigenvalue weighted by Crippen LogP contribution is -2.50. The number of benzene rings is 1. The van der Waals surface area contributed by atoms with Gasteiger partial charge in [0.05, 0.1) is 25.5 Å². The number of nitrogens with zero attached hydrogens (tertiary/aromatic N) is 5. The molecule has 2 aromatic rings. The Labute approximate surface area is 255 Å². The number of carbonyl (C=O) groups excluding carboxylic acids is 3. The van der Waals surface area contributed by atoms with Gasteiger partial charge < -0.3 is 34.8 Å². The van der Waals surface area contributed by atoms with E-state index in [1.165, 1.54) is 25.3 Å². The van der Waals surface area contributed by atoms with Crippen molar-refractivity contribution < 1.29 is 32.6 Å². The lowest BCUT2D eigenvalue weighted by Gasteiger charge is -2.38. The standard InChI is InChI=1S/C30H39F2N7O5/c1-29(2,3)44-28(42)38-13-11-19(12-14-38)34-25(40)18-9-10-21(23(15-18)43-5)35-27-33-16-22-24(36-27)39(20-7-6-8-20)17-30(31,32)26(41)37(22)4/h9-10,15-16,19-20H,6-8,11-14,17H2,1-5H3,(H,34,40)(H,33,35,36). The summed E-state index contributed by atoms with van der Waals surface area (Å²) >= 11 is 0. The van der Waals surface area contributed by atoms with E-state index in [1.807, 2.05) is 20.8 Å². The molecule has 0 spiro atoms. The highest BCUT2D eigenvalue weighted by Crippen LogP contribution is 2.40. The number of anilines is 4. The minimum absolute atomic E-state index is 0.103. The highest BCUT2D eigenvalue weighted by atomic mass is 19.3. The number of alkyl halides is 2. The largest absolute Gasteiger partial charge is 0.495 e. The van der Waals surface area contributed by atoms with E-state index in [1.54, 1.807) is 23.1 Å². The quantitative estimate of drug-likeness (QED) is 0.488. The van der Waals surface area contributed by atoms with E-state index in [9.17, 15) is 23.2 Å². The van der Waals surface area contributed by atoms with Gasteiger partial charge in [0.2, 0.25) is 5.95 Å². The van der Waals surface area contributed by atoms with Crippen LogP contribution in [0.2, 0.25) is 0 Å². The number of nitrogens with one attached hydrogen (secondary N) is 2. The van der Waals surface area contributed by atoms with Gasteiger partial charge in [-0.1, -0.05) is 0 Å². The predicted octanol–water partition coefficient (Wildman–Crippen LogP) is 4.33. The van der Waals surface area contributed by atoms with Crippen molar-refractivity contribution in [3.05, 3.63) is 30.0 Å². The molecule has 1 aromatic heterocycles. The summed E-state index contributed by atoms with van der Waals surface area (Å²) in [6.07, 6.45) is 4.59.